The average molecular weight is 343 g/mol. The number of hydrogen-bond donors (Lipinski definition) is 2. The molecule has 0 radical (unpaired) electrons. The number of fused-ring (bicyclic) bond motifs is 1. The summed E-state index contributed by atoms with van der Waals surface area (Å²) in [5, 5.41) is 10.5. The Morgan fingerprint density at radius 2 is 2.24 bits per heavy atom. The Morgan fingerprint density at radius 3 is 3.00 bits per heavy atom. The summed E-state index contributed by atoms with van der Waals surface area (Å²) in [4.78, 5) is 17.0. The third-order valence-electron chi connectivity index (χ3n) is 4.51. The number of benzene rings is 1. The van der Waals surface area contributed by atoms with Crippen LogP contribution in [0.15, 0.2) is 24.3 Å². The van der Waals surface area contributed by atoms with Gasteiger partial charge in [-0.05, 0) is 32.3 Å². The molecule has 2 atom stereocenters. The number of para-hydroxylation sites is 1. The van der Waals surface area contributed by atoms with E-state index in [4.69, 9.17) is 4.74 Å². The first kappa shape index (κ1) is 17.3. The summed E-state index contributed by atoms with van der Waals surface area (Å²) in [6, 6.07) is 7.35. The van der Waals surface area contributed by atoms with Gasteiger partial charge in [-0.3, -0.25) is 0 Å². The SMILES string of the molecule is CC[C@H](NC(=O)N[C@@H]1CCCn2nc(C)nc21)c1ccccc1OC. The molecule has 7 heteroatoms. The smallest absolute Gasteiger partial charge is 0.315 e. The van der Waals surface area contributed by atoms with Crippen molar-refractivity contribution in [2.24, 2.45) is 0 Å². The quantitative estimate of drug-likeness (QED) is 0.875. The Hall–Kier alpha value is -2.57. The summed E-state index contributed by atoms with van der Waals surface area (Å²) < 4.78 is 7.31. The number of carbonyl (C=O) groups excluding carboxylic acids is 1. The van der Waals surface area contributed by atoms with E-state index in [0.29, 0.717) is 0 Å². The lowest BCUT2D eigenvalue weighted by molar-refractivity contribution is 0.228. The van der Waals surface area contributed by atoms with E-state index in [0.717, 1.165) is 48.8 Å². The number of aromatic nitrogens is 3. The molecule has 0 saturated heterocycles. The molecular weight excluding hydrogens is 318 g/mol. The van der Waals surface area contributed by atoms with Gasteiger partial charge in [0, 0.05) is 12.1 Å². The van der Waals surface area contributed by atoms with Crippen LogP contribution in [0, 0.1) is 6.92 Å². The van der Waals surface area contributed by atoms with Crippen LogP contribution >= 0.6 is 0 Å². The number of methoxy groups -OCH3 is 1. The van der Waals surface area contributed by atoms with Crippen molar-refractivity contribution in [1.29, 1.82) is 0 Å². The zero-order valence-electron chi connectivity index (χ0n) is 15.0. The van der Waals surface area contributed by atoms with Crippen LogP contribution in [0.3, 0.4) is 0 Å². The Morgan fingerprint density at radius 1 is 1.44 bits per heavy atom. The fraction of sp³-hybridized carbons (Fsp3) is 0.500. The predicted molar refractivity (Wildman–Crippen MR) is 94.4 cm³/mol. The van der Waals surface area contributed by atoms with Crippen molar-refractivity contribution >= 4 is 6.03 Å². The monoisotopic (exact) mass is 343 g/mol. The molecule has 0 aliphatic carbocycles. The van der Waals surface area contributed by atoms with Crippen molar-refractivity contribution in [1.82, 2.24) is 25.4 Å². The Kier molecular flexibility index (Phi) is 5.21. The van der Waals surface area contributed by atoms with Gasteiger partial charge in [-0.2, -0.15) is 5.10 Å². The van der Waals surface area contributed by atoms with Crippen LogP contribution in [0.1, 0.15) is 55.5 Å². The van der Waals surface area contributed by atoms with Crippen LogP contribution in [0.4, 0.5) is 4.79 Å². The van der Waals surface area contributed by atoms with Crippen molar-refractivity contribution in [2.75, 3.05) is 7.11 Å². The highest BCUT2D eigenvalue weighted by Crippen LogP contribution is 2.27. The topological polar surface area (TPSA) is 81.1 Å². The van der Waals surface area contributed by atoms with Crippen LogP contribution in [0.5, 0.6) is 5.75 Å². The molecule has 0 bridgehead atoms. The largest absolute Gasteiger partial charge is 0.496 e. The Balaban J connectivity index is 1.69. The standard InChI is InChI=1S/C18H25N5O2/c1-4-14(13-8-5-6-10-16(13)25-3)20-18(24)21-15-9-7-11-23-17(15)19-12(2)22-23/h5-6,8,10,14-15H,4,7,9,11H2,1-3H3,(H2,20,21,24)/t14-,15+/m0/s1. The number of rotatable bonds is 5. The highest BCUT2D eigenvalue weighted by atomic mass is 16.5. The zero-order chi connectivity index (χ0) is 17.8. The van der Waals surface area contributed by atoms with Crippen molar-refractivity contribution in [2.45, 2.75) is 51.7 Å². The minimum Gasteiger partial charge on any atom is -0.496 e. The van der Waals surface area contributed by atoms with E-state index in [9.17, 15) is 4.79 Å². The molecule has 2 aromatic rings. The van der Waals surface area contributed by atoms with E-state index in [2.05, 4.69) is 20.7 Å². The molecular formula is C18H25N5O2. The van der Waals surface area contributed by atoms with Crippen LogP contribution in [0.25, 0.3) is 0 Å². The molecule has 3 rings (SSSR count). The maximum Gasteiger partial charge on any atom is 0.315 e. The number of amides is 2. The van der Waals surface area contributed by atoms with Gasteiger partial charge in [0.05, 0.1) is 19.2 Å². The van der Waals surface area contributed by atoms with Gasteiger partial charge in [0.25, 0.3) is 0 Å². The Labute approximate surface area is 147 Å². The fourth-order valence-electron chi connectivity index (χ4n) is 3.32. The first-order valence-corrected chi connectivity index (χ1v) is 8.73. The second-order valence-corrected chi connectivity index (χ2v) is 6.26. The summed E-state index contributed by atoms with van der Waals surface area (Å²) >= 11 is 0. The van der Waals surface area contributed by atoms with Gasteiger partial charge in [-0.25, -0.2) is 14.5 Å². The lowest BCUT2D eigenvalue weighted by Crippen LogP contribution is -2.41. The highest BCUT2D eigenvalue weighted by molar-refractivity contribution is 5.75. The third-order valence-corrected chi connectivity index (χ3v) is 4.51. The molecule has 1 aromatic carbocycles. The summed E-state index contributed by atoms with van der Waals surface area (Å²) in [6.07, 6.45) is 2.62. The normalized spacial score (nSPS) is 17.5. The molecule has 2 amide bonds. The van der Waals surface area contributed by atoms with E-state index >= 15 is 0 Å². The predicted octanol–water partition coefficient (Wildman–Crippen LogP) is 2.88. The van der Waals surface area contributed by atoms with Gasteiger partial charge >= 0.3 is 6.03 Å². The molecule has 2 N–H and O–H groups in total. The van der Waals surface area contributed by atoms with Crippen LogP contribution in [-0.2, 0) is 6.54 Å². The minimum atomic E-state index is -0.197. The number of nitrogens with zero attached hydrogens (tertiary/aromatic N) is 3. The van der Waals surface area contributed by atoms with Gasteiger partial charge in [0.2, 0.25) is 0 Å². The molecule has 2 heterocycles. The molecule has 134 valence electrons. The maximum atomic E-state index is 12.5. The molecule has 1 aliphatic heterocycles. The minimum absolute atomic E-state index is 0.106. The fourth-order valence-corrected chi connectivity index (χ4v) is 3.32. The summed E-state index contributed by atoms with van der Waals surface area (Å²) in [7, 11) is 1.64. The maximum absolute atomic E-state index is 12.5. The molecule has 0 unspecified atom stereocenters. The molecule has 25 heavy (non-hydrogen) atoms. The van der Waals surface area contributed by atoms with Crippen LogP contribution < -0.4 is 15.4 Å². The van der Waals surface area contributed by atoms with E-state index < -0.39 is 0 Å². The number of carbonyl (C=O) groups is 1. The zero-order valence-corrected chi connectivity index (χ0v) is 15.0. The molecule has 0 fully saturated rings. The summed E-state index contributed by atoms with van der Waals surface area (Å²) in [6.45, 7) is 4.77. The lowest BCUT2D eigenvalue weighted by Gasteiger charge is -2.25. The van der Waals surface area contributed by atoms with Gasteiger partial charge in [0.15, 0.2) is 0 Å². The van der Waals surface area contributed by atoms with Gasteiger partial charge in [-0.15, -0.1) is 0 Å². The van der Waals surface area contributed by atoms with Crippen molar-refractivity contribution in [3.8, 4) is 5.75 Å². The molecule has 0 spiro atoms. The van der Waals surface area contributed by atoms with Crippen molar-refractivity contribution in [3.63, 3.8) is 0 Å². The first-order chi connectivity index (χ1) is 12.1. The lowest BCUT2D eigenvalue weighted by atomic mass is 10.0. The molecule has 1 aromatic heterocycles. The van der Waals surface area contributed by atoms with E-state index in [1.165, 1.54) is 0 Å². The second-order valence-electron chi connectivity index (χ2n) is 6.26. The number of hydrogen-bond acceptors (Lipinski definition) is 4. The molecule has 1 aliphatic rings. The molecule has 7 nitrogen and oxygen atoms in total. The van der Waals surface area contributed by atoms with Gasteiger partial charge in [-0.1, -0.05) is 25.1 Å². The van der Waals surface area contributed by atoms with E-state index in [1.54, 1.807) is 7.11 Å². The summed E-state index contributed by atoms with van der Waals surface area (Å²) in [5.41, 5.74) is 0.977. The third kappa shape index (κ3) is 3.75. The number of urea groups is 1. The number of ether oxygens (including phenoxy) is 1. The van der Waals surface area contributed by atoms with Crippen LogP contribution in [-0.4, -0.2) is 27.9 Å². The van der Waals surface area contributed by atoms with Gasteiger partial charge < -0.3 is 15.4 Å². The second kappa shape index (κ2) is 7.55. The van der Waals surface area contributed by atoms with Crippen LogP contribution in [0.2, 0.25) is 0 Å². The highest BCUT2D eigenvalue weighted by Gasteiger charge is 2.26. The number of aryl methyl sites for hydroxylation is 2. The van der Waals surface area contributed by atoms with E-state index in [1.807, 2.05) is 42.8 Å². The Bertz CT molecular complexity index is 743. The number of nitrogens with one attached hydrogen (secondary N) is 2. The van der Waals surface area contributed by atoms with Crippen molar-refractivity contribution in [3.05, 3.63) is 41.5 Å². The first-order valence-electron chi connectivity index (χ1n) is 8.73. The molecule has 0 saturated carbocycles. The van der Waals surface area contributed by atoms with Crippen molar-refractivity contribution < 1.29 is 9.53 Å². The average Bonchev–Trinajstić information content (AvgIpc) is 3.01. The van der Waals surface area contributed by atoms with E-state index in [-0.39, 0.29) is 18.1 Å². The van der Waals surface area contributed by atoms with Gasteiger partial charge in [0.1, 0.15) is 17.4 Å². The summed E-state index contributed by atoms with van der Waals surface area (Å²) in [5.74, 6) is 2.36.